The molecule has 1 aromatic heterocycles. The summed E-state index contributed by atoms with van der Waals surface area (Å²) in [6, 6.07) is 27.3. The number of amides is 3. The molecule has 3 amide bonds. The second-order valence-corrected chi connectivity index (χ2v) is 10.4. The Morgan fingerprint density at radius 3 is 2.08 bits per heavy atom. The molecule has 7 heteroatoms. The third-order valence-corrected chi connectivity index (χ3v) is 8.21. The summed E-state index contributed by atoms with van der Waals surface area (Å²) < 4.78 is 0. The monoisotopic (exact) mass is 512 g/mol. The number of nitrogens with zero attached hydrogens (tertiary/aromatic N) is 2. The third-order valence-electron chi connectivity index (χ3n) is 7.02. The van der Waals surface area contributed by atoms with E-state index < -0.39 is 30.0 Å². The number of rotatable bonds is 5. The number of hydrogen-bond donors (Lipinski definition) is 0. The van der Waals surface area contributed by atoms with Crippen LogP contribution in [-0.2, 0) is 4.79 Å². The molecular weight excluding hydrogens is 492 g/mol. The van der Waals surface area contributed by atoms with E-state index in [0.29, 0.717) is 16.3 Å². The van der Waals surface area contributed by atoms with Crippen molar-refractivity contribution in [3.05, 3.63) is 123 Å². The molecule has 4 unspecified atom stereocenters. The summed E-state index contributed by atoms with van der Waals surface area (Å²) in [6.45, 7) is 0. The van der Waals surface area contributed by atoms with Crippen molar-refractivity contribution in [1.29, 1.82) is 0 Å². The Hall–Kier alpha value is -3.74. The van der Waals surface area contributed by atoms with E-state index in [0.717, 1.165) is 10.4 Å². The predicted octanol–water partition coefficient (Wildman–Crippen LogP) is 6.58. The van der Waals surface area contributed by atoms with Gasteiger partial charge in [0.15, 0.2) is 5.78 Å². The van der Waals surface area contributed by atoms with E-state index in [1.165, 1.54) is 16.2 Å². The summed E-state index contributed by atoms with van der Waals surface area (Å²) >= 11 is 7.67. The van der Waals surface area contributed by atoms with Crippen LogP contribution in [0.15, 0.2) is 102 Å². The lowest BCUT2D eigenvalue weighted by Gasteiger charge is -2.28. The van der Waals surface area contributed by atoms with Gasteiger partial charge in [-0.2, -0.15) is 0 Å². The van der Waals surface area contributed by atoms with Crippen LogP contribution in [-0.4, -0.2) is 28.7 Å². The molecule has 0 aliphatic carbocycles. The van der Waals surface area contributed by atoms with Gasteiger partial charge in [-0.1, -0.05) is 78.3 Å². The number of carbonyl (C=O) groups is 3. The number of para-hydroxylation sites is 1. The Morgan fingerprint density at radius 2 is 1.44 bits per heavy atom. The molecule has 3 aromatic carbocycles. The molecule has 2 aliphatic rings. The smallest absolute Gasteiger partial charge is 0.303 e. The molecule has 2 fully saturated rings. The van der Waals surface area contributed by atoms with E-state index in [4.69, 9.17) is 11.6 Å². The fourth-order valence-corrected chi connectivity index (χ4v) is 6.53. The van der Waals surface area contributed by atoms with Crippen LogP contribution in [0.3, 0.4) is 0 Å². The zero-order valence-electron chi connectivity index (χ0n) is 19.0. The quantitative estimate of drug-likeness (QED) is 0.224. The van der Waals surface area contributed by atoms with Gasteiger partial charge in [0.25, 0.3) is 5.91 Å². The highest BCUT2D eigenvalue weighted by Gasteiger charge is 2.63. The molecule has 0 N–H and O–H groups in total. The molecule has 36 heavy (non-hydrogen) atoms. The lowest BCUT2D eigenvalue weighted by Crippen LogP contribution is -2.38. The molecule has 0 spiro atoms. The number of Topliss-reactive ketones (excluding diaryl/α,β-unsaturated/α-hetero) is 1. The molecule has 178 valence electrons. The zero-order chi connectivity index (χ0) is 24.8. The first-order valence-electron chi connectivity index (χ1n) is 11.7. The van der Waals surface area contributed by atoms with Crippen LogP contribution >= 0.6 is 22.9 Å². The second kappa shape index (κ2) is 9.04. The molecule has 6 rings (SSSR count). The first-order chi connectivity index (χ1) is 17.6. The number of halogens is 1. The number of thiophene rings is 1. The summed E-state index contributed by atoms with van der Waals surface area (Å²) in [5.74, 6) is -1.58. The van der Waals surface area contributed by atoms with Crippen molar-refractivity contribution in [2.75, 3.05) is 4.90 Å². The molecule has 2 aliphatic heterocycles. The Kier molecular flexibility index (Phi) is 5.70. The zero-order valence-corrected chi connectivity index (χ0v) is 20.6. The number of urea groups is 1. The van der Waals surface area contributed by atoms with Crippen molar-refractivity contribution in [1.82, 2.24) is 4.90 Å². The minimum absolute atomic E-state index is 0.0878. The first kappa shape index (κ1) is 22.7. The van der Waals surface area contributed by atoms with Gasteiger partial charge < -0.3 is 4.90 Å². The van der Waals surface area contributed by atoms with Gasteiger partial charge in [0.1, 0.15) is 6.04 Å². The number of imide groups is 1. The Bertz CT molecular complexity index is 1420. The van der Waals surface area contributed by atoms with Gasteiger partial charge in [-0.3, -0.25) is 9.59 Å². The van der Waals surface area contributed by atoms with Crippen LogP contribution in [0.5, 0.6) is 0 Å². The van der Waals surface area contributed by atoms with Gasteiger partial charge in [0.2, 0.25) is 0 Å². The van der Waals surface area contributed by atoms with E-state index in [1.807, 2.05) is 53.9 Å². The maximum atomic E-state index is 14.1. The fourth-order valence-electron chi connectivity index (χ4n) is 5.53. The molecule has 4 atom stereocenters. The van der Waals surface area contributed by atoms with E-state index in [2.05, 4.69) is 0 Å². The maximum absolute atomic E-state index is 14.1. The van der Waals surface area contributed by atoms with Crippen molar-refractivity contribution >= 4 is 46.3 Å². The second-order valence-electron chi connectivity index (χ2n) is 8.94. The predicted molar refractivity (Wildman–Crippen MR) is 140 cm³/mol. The molecule has 5 nitrogen and oxygen atoms in total. The number of benzene rings is 3. The van der Waals surface area contributed by atoms with Crippen LogP contribution in [0, 0.1) is 5.92 Å². The summed E-state index contributed by atoms with van der Waals surface area (Å²) in [7, 11) is 0. The van der Waals surface area contributed by atoms with Crippen LogP contribution < -0.4 is 4.90 Å². The van der Waals surface area contributed by atoms with Crippen molar-refractivity contribution in [2.45, 2.75) is 18.0 Å². The van der Waals surface area contributed by atoms with E-state index in [9.17, 15) is 14.4 Å². The Labute approximate surface area is 217 Å². The summed E-state index contributed by atoms with van der Waals surface area (Å²) in [4.78, 5) is 45.8. The largest absolute Gasteiger partial charge is 0.332 e. The molecule has 0 bridgehead atoms. The summed E-state index contributed by atoms with van der Waals surface area (Å²) in [6.07, 6.45) is 0. The fraction of sp³-hybridized carbons (Fsp3) is 0.138. The minimum Gasteiger partial charge on any atom is -0.303 e. The number of anilines is 1. The van der Waals surface area contributed by atoms with Crippen molar-refractivity contribution in [2.24, 2.45) is 5.92 Å². The number of ketones is 1. The van der Waals surface area contributed by atoms with Crippen LogP contribution in [0.25, 0.3) is 0 Å². The van der Waals surface area contributed by atoms with E-state index in [-0.39, 0.29) is 11.7 Å². The Morgan fingerprint density at radius 1 is 0.778 bits per heavy atom. The molecule has 3 heterocycles. The van der Waals surface area contributed by atoms with Gasteiger partial charge in [-0.15, -0.1) is 11.3 Å². The summed E-state index contributed by atoms with van der Waals surface area (Å²) in [5.41, 5.74) is 1.88. The molecule has 0 saturated carbocycles. The van der Waals surface area contributed by atoms with E-state index in [1.54, 1.807) is 53.4 Å². The molecule has 4 aromatic rings. The lowest BCUT2D eigenvalue weighted by atomic mass is 9.77. The average Bonchev–Trinajstić information content (AvgIpc) is 3.61. The van der Waals surface area contributed by atoms with Gasteiger partial charge in [0.05, 0.1) is 17.6 Å². The van der Waals surface area contributed by atoms with Gasteiger partial charge in [-0.05, 0) is 41.3 Å². The normalized spacial score (nSPS) is 23.2. The third kappa shape index (κ3) is 3.56. The SMILES string of the molecule is O=C(c1ccccc1)C1C(c2ccc(Cl)cc2)C2C(=O)N(c3ccccc3)C(=O)N2C1c1cccs1. The minimum atomic E-state index is -0.816. The summed E-state index contributed by atoms with van der Waals surface area (Å²) in [5, 5.41) is 2.50. The highest BCUT2D eigenvalue weighted by Crippen LogP contribution is 2.55. The highest BCUT2D eigenvalue weighted by atomic mass is 35.5. The first-order valence-corrected chi connectivity index (χ1v) is 12.9. The van der Waals surface area contributed by atoms with Gasteiger partial charge >= 0.3 is 6.03 Å². The number of hydrogen-bond acceptors (Lipinski definition) is 4. The molecular formula is C29H21ClN2O3S. The maximum Gasteiger partial charge on any atom is 0.332 e. The average molecular weight is 513 g/mol. The van der Waals surface area contributed by atoms with Crippen molar-refractivity contribution in [3.8, 4) is 0 Å². The van der Waals surface area contributed by atoms with Gasteiger partial charge in [0, 0.05) is 21.4 Å². The Balaban J connectivity index is 1.55. The molecule has 0 radical (unpaired) electrons. The van der Waals surface area contributed by atoms with Crippen LogP contribution in [0.1, 0.15) is 32.8 Å². The van der Waals surface area contributed by atoms with Crippen LogP contribution in [0.2, 0.25) is 5.02 Å². The van der Waals surface area contributed by atoms with Crippen LogP contribution in [0.4, 0.5) is 10.5 Å². The number of fused-ring (bicyclic) bond motifs is 1. The lowest BCUT2D eigenvalue weighted by molar-refractivity contribution is -0.119. The highest BCUT2D eigenvalue weighted by molar-refractivity contribution is 7.10. The van der Waals surface area contributed by atoms with Gasteiger partial charge in [-0.25, -0.2) is 9.69 Å². The standard InChI is InChI=1S/C29H21ClN2O3S/c30-20-15-13-18(14-16-20)23-24(27(33)19-8-3-1-4-9-19)25(22-12-7-17-36-22)32-26(23)28(34)31(29(32)35)21-10-5-2-6-11-21/h1-17,23-26H. The van der Waals surface area contributed by atoms with E-state index >= 15 is 0 Å². The van der Waals surface area contributed by atoms with Crippen molar-refractivity contribution in [3.63, 3.8) is 0 Å². The number of carbonyl (C=O) groups excluding carboxylic acids is 3. The van der Waals surface area contributed by atoms with Crippen molar-refractivity contribution < 1.29 is 14.4 Å². The topological polar surface area (TPSA) is 57.7 Å². The molecule has 2 saturated heterocycles.